The summed E-state index contributed by atoms with van der Waals surface area (Å²) >= 11 is 0. The Morgan fingerprint density at radius 3 is 2.96 bits per heavy atom. The number of allylic oxidation sites excluding steroid dienone is 1. The van der Waals surface area contributed by atoms with E-state index in [0.29, 0.717) is 19.3 Å². The molecular formula is C21H25NO3. The van der Waals surface area contributed by atoms with Crippen LogP contribution in [0.4, 0.5) is 0 Å². The highest BCUT2D eigenvalue weighted by Gasteiger charge is 2.64. The number of aliphatic hydroxyl groups is 1. The van der Waals surface area contributed by atoms with E-state index in [1.165, 1.54) is 11.1 Å². The summed E-state index contributed by atoms with van der Waals surface area (Å²) in [7, 11) is 1.68. The Kier molecular flexibility index (Phi) is 3.23. The summed E-state index contributed by atoms with van der Waals surface area (Å²) in [5.74, 6) is 1.11. The minimum absolute atomic E-state index is 0.108. The van der Waals surface area contributed by atoms with Crippen LogP contribution < -0.4 is 4.74 Å². The molecule has 5 rings (SSSR count). The number of Topliss-reactive ketones (excluding diaryl/α,β-unsaturated/α-hetero) is 1. The van der Waals surface area contributed by atoms with Gasteiger partial charge in [-0.1, -0.05) is 17.7 Å². The van der Waals surface area contributed by atoms with Crippen molar-refractivity contribution in [2.24, 2.45) is 0 Å². The van der Waals surface area contributed by atoms with Crippen LogP contribution in [0.5, 0.6) is 5.75 Å². The van der Waals surface area contributed by atoms with Crippen LogP contribution in [0.2, 0.25) is 0 Å². The zero-order chi connectivity index (χ0) is 17.2. The average Bonchev–Trinajstić information content (AvgIpc) is 3.42. The minimum Gasteiger partial charge on any atom is -0.497 e. The van der Waals surface area contributed by atoms with Gasteiger partial charge in [-0.25, -0.2) is 0 Å². The number of hydrogen-bond donors (Lipinski definition) is 1. The Bertz CT molecular complexity index is 785. The van der Waals surface area contributed by atoms with Gasteiger partial charge in [-0.15, -0.1) is 0 Å². The molecule has 1 aromatic carbocycles. The van der Waals surface area contributed by atoms with Crippen molar-refractivity contribution in [1.82, 2.24) is 4.90 Å². The molecule has 1 saturated carbocycles. The largest absolute Gasteiger partial charge is 0.497 e. The van der Waals surface area contributed by atoms with Crippen LogP contribution in [0.3, 0.4) is 0 Å². The maximum Gasteiger partial charge on any atom is 0.134 e. The zero-order valence-corrected chi connectivity index (χ0v) is 14.8. The molecule has 1 N–H and O–H groups in total. The summed E-state index contributed by atoms with van der Waals surface area (Å²) in [6.07, 6.45) is 6.67. The van der Waals surface area contributed by atoms with Gasteiger partial charge in [0, 0.05) is 30.8 Å². The number of nitrogens with zero attached hydrogens (tertiary/aromatic N) is 1. The smallest absolute Gasteiger partial charge is 0.134 e. The van der Waals surface area contributed by atoms with Crippen molar-refractivity contribution < 1.29 is 14.6 Å². The van der Waals surface area contributed by atoms with Crippen molar-refractivity contribution in [2.45, 2.75) is 55.6 Å². The molecule has 1 saturated heterocycles. The van der Waals surface area contributed by atoms with Crippen LogP contribution in [0.25, 0.3) is 0 Å². The van der Waals surface area contributed by atoms with Crippen molar-refractivity contribution in [3.8, 4) is 5.75 Å². The third kappa shape index (κ3) is 2.10. The van der Waals surface area contributed by atoms with Gasteiger partial charge in [0.05, 0.1) is 12.7 Å². The number of methoxy groups -OCH3 is 1. The minimum atomic E-state index is -0.812. The zero-order valence-electron chi connectivity index (χ0n) is 14.8. The van der Waals surface area contributed by atoms with Crippen LogP contribution in [0, 0.1) is 0 Å². The lowest BCUT2D eigenvalue weighted by Crippen LogP contribution is -2.73. The summed E-state index contributed by atoms with van der Waals surface area (Å²) in [5, 5.41) is 11.9. The molecule has 3 atom stereocenters. The lowest BCUT2D eigenvalue weighted by atomic mass is 9.49. The van der Waals surface area contributed by atoms with Gasteiger partial charge in [0.15, 0.2) is 0 Å². The van der Waals surface area contributed by atoms with Gasteiger partial charge in [0.25, 0.3) is 0 Å². The van der Waals surface area contributed by atoms with Gasteiger partial charge in [0.1, 0.15) is 11.5 Å². The molecule has 1 heterocycles. The second-order valence-corrected chi connectivity index (χ2v) is 8.25. The quantitative estimate of drug-likeness (QED) is 0.859. The maximum absolute atomic E-state index is 12.4. The highest BCUT2D eigenvalue weighted by Crippen LogP contribution is 2.58. The molecule has 0 radical (unpaired) electrons. The van der Waals surface area contributed by atoms with Gasteiger partial charge in [-0.05, 0) is 55.5 Å². The van der Waals surface area contributed by atoms with Crippen molar-refractivity contribution >= 4 is 5.78 Å². The SMILES string of the molecule is COc1ccc2c(c1)C13CCN(CC4=CC4)C(C2)C1(O)CCC(=O)C3. The third-order valence-electron chi connectivity index (χ3n) is 7.08. The van der Waals surface area contributed by atoms with Crippen LogP contribution in [-0.4, -0.2) is 47.6 Å². The lowest BCUT2D eigenvalue weighted by molar-refractivity contribution is -0.171. The molecule has 0 spiro atoms. The summed E-state index contributed by atoms with van der Waals surface area (Å²) in [5.41, 5.74) is 2.67. The van der Waals surface area contributed by atoms with Crippen molar-refractivity contribution in [1.29, 1.82) is 0 Å². The molecule has 4 nitrogen and oxygen atoms in total. The first-order chi connectivity index (χ1) is 12.1. The molecular weight excluding hydrogens is 314 g/mol. The van der Waals surface area contributed by atoms with E-state index in [1.54, 1.807) is 7.11 Å². The monoisotopic (exact) mass is 339 g/mol. The first-order valence-electron chi connectivity index (χ1n) is 9.39. The summed E-state index contributed by atoms with van der Waals surface area (Å²) in [4.78, 5) is 14.9. The van der Waals surface area contributed by atoms with Crippen molar-refractivity contribution in [3.63, 3.8) is 0 Å². The third-order valence-corrected chi connectivity index (χ3v) is 7.08. The molecule has 4 heteroatoms. The second-order valence-electron chi connectivity index (χ2n) is 8.25. The normalized spacial score (nSPS) is 36.3. The Labute approximate surface area is 148 Å². The van der Waals surface area contributed by atoms with E-state index in [1.807, 2.05) is 6.07 Å². The van der Waals surface area contributed by atoms with Crippen LogP contribution >= 0.6 is 0 Å². The van der Waals surface area contributed by atoms with E-state index in [0.717, 1.165) is 43.7 Å². The Morgan fingerprint density at radius 1 is 1.36 bits per heavy atom. The van der Waals surface area contributed by atoms with E-state index in [4.69, 9.17) is 4.74 Å². The molecule has 132 valence electrons. The number of benzene rings is 1. The van der Waals surface area contributed by atoms with Crippen molar-refractivity contribution in [3.05, 3.63) is 41.0 Å². The van der Waals surface area contributed by atoms with Crippen molar-refractivity contribution in [2.75, 3.05) is 20.2 Å². The Morgan fingerprint density at radius 2 is 2.20 bits per heavy atom. The van der Waals surface area contributed by atoms with E-state index >= 15 is 0 Å². The fourth-order valence-electron chi connectivity index (χ4n) is 5.66. The van der Waals surface area contributed by atoms with Crippen LogP contribution in [0.1, 0.15) is 43.2 Å². The fourth-order valence-corrected chi connectivity index (χ4v) is 5.66. The average molecular weight is 339 g/mol. The highest BCUT2D eigenvalue weighted by atomic mass is 16.5. The van der Waals surface area contributed by atoms with E-state index < -0.39 is 11.0 Å². The number of fused-ring (bicyclic) bond motifs is 1. The summed E-state index contributed by atoms with van der Waals surface area (Å²) in [6, 6.07) is 6.33. The molecule has 0 amide bonds. The molecule has 3 unspecified atom stereocenters. The topological polar surface area (TPSA) is 49.8 Å². The first-order valence-corrected chi connectivity index (χ1v) is 9.39. The molecule has 3 aliphatic carbocycles. The molecule has 0 aromatic heterocycles. The Hall–Kier alpha value is -1.65. The number of carbonyl (C=O) groups is 1. The molecule has 2 fully saturated rings. The van der Waals surface area contributed by atoms with Crippen LogP contribution in [-0.2, 0) is 16.6 Å². The first kappa shape index (κ1) is 15.6. The highest BCUT2D eigenvalue weighted by molar-refractivity contribution is 5.82. The molecule has 1 aliphatic heterocycles. The molecule has 1 aromatic rings. The molecule has 2 bridgehead atoms. The predicted molar refractivity (Wildman–Crippen MR) is 94.9 cm³/mol. The summed E-state index contributed by atoms with van der Waals surface area (Å²) in [6.45, 7) is 1.93. The van der Waals surface area contributed by atoms with Gasteiger partial charge < -0.3 is 9.84 Å². The van der Waals surface area contributed by atoms with E-state index in [2.05, 4.69) is 23.1 Å². The van der Waals surface area contributed by atoms with E-state index in [-0.39, 0.29) is 11.8 Å². The van der Waals surface area contributed by atoms with E-state index in [9.17, 15) is 9.90 Å². The van der Waals surface area contributed by atoms with Gasteiger partial charge in [0.2, 0.25) is 0 Å². The molecule has 4 aliphatic rings. The van der Waals surface area contributed by atoms with Gasteiger partial charge >= 0.3 is 0 Å². The molecule has 25 heavy (non-hydrogen) atoms. The second kappa shape index (κ2) is 5.18. The van der Waals surface area contributed by atoms with Crippen LogP contribution in [0.15, 0.2) is 29.8 Å². The predicted octanol–water partition coefficient (Wildman–Crippen LogP) is 2.38. The fraction of sp³-hybridized carbons (Fsp3) is 0.571. The van der Waals surface area contributed by atoms with Gasteiger partial charge in [-0.3, -0.25) is 9.69 Å². The number of rotatable bonds is 3. The lowest BCUT2D eigenvalue weighted by Gasteiger charge is -2.63. The number of hydrogen-bond acceptors (Lipinski definition) is 4. The number of piperidine rings is 1. The number of carbonyl (C=O) groups excluding carboxylic acids is 1. The summed E-state index contributed by atoms with van der Waals surface area (Å²) < 4.78 is 5.45. The number of likely N-dealkylation sites (tertiary alicyclic amines) is 1. The maximum atomic E-state index is 12.4. The number of ether oxygens (including phenoxy) is 1. The standard InChI is InChI=1S/C21H25NO3/c1-25-17-5-4-15-10-19-21(24)7-6-16(23)12-20(21,18(15)11-17)8-9-22(19)13-14-2-3-14/h2,4-5,11,19,24H,3,6-10,12-13H2,1H3. The Balaban J connectivity index is 1.66. The number of ketones is 1. The van der Waals surface area contributed by atoms with Gasteiger partial charge in [-0.2, -0.15) is 0 Å².